The number of hydrogen-bond acceptors (Lipinski definition) is 4. The van der Waals surface area contributed by atoms with Crippen LogP contribution in [0.4, 0.5) is 0 Å². The van der Waals surface area contributed by atoms with Crippen molar-refractivity contribution >= 4 is 41.7 Å². The van der Waals surface area contributed by atoms with E-state index in [2.05, 4.69) is 47.8 Å². The zero-order valence-electron chi connectivity index (χ0n) is 18.5. The van der Waals surface area contributed by atoms with Gasteiger partial charge >= 0.3 is 0 Å². The molecule has 166 valence electrons. The van der Waals surface area contributed by atoms with Crippen molar-refractivity contribution in [2.75, 3.05) is 39.1 Å². The summed E-state index contributed by atoms with van der Waals surface area (Å²) >= 11 is 2.21. The number of aromatic nitrogens is 2. The Balaban J connectivity index is 0.00000300. The molecule has 0 atom stereocenters. The Morgan fingerprint density at radius 3 is 2.72 bits per heavy atom. The molecule has 1 spiro atoms. The normalized spacial score (nSPS) is 19.3. The van der Waals surface area contributed by atoms with Crippen LogP contribution in [0, 0.1) is 13.8 Å². The van der Waals surface area contributed by atoms with Crippen molar-refractivity contribution in [1.82, 2.24) is 20.0 Å². The topological polar surface area (TPSA) is 54.7 Å². The first-order valence-electron chi connectivity index (χ1n) is 10.8. The molecule has 1 aromatic rings. The van der Waals surface area contributed by atoms with Crippen LogP contribution in [0.5, 0.6) is 0 Å². The predicted molar refractivity (Wildman–Crippen MR) is 134 cm³/mol. The average molecular weight is 536 g/mol. The fourth-order valence-corrected chi connectivity index (χ4v) is 6.03. The molecule has 1 aromatic heterocycles. The van der Waals surface area contributed by atoms with Crippen molar-refractivity contribution < 1.29 is 4.74 Å². The van der Waals surface area contributed by atoms with Crippen LogP contribution in [0.3, 0.4) is 0 Å². The third kappa shape index (κ3) is 6.26. The molecule has 1 aliphatic heterocycles. The summed E-state index contributed by atoms with van der Waals surface area (Å²) in [6.45, 7) is 11.7. The highest BCUT2D eigenvalue weighted by Crippen LogP contribution is 2.42. The Bertz CT molecular complexity index is 667. The van der Waals surface area contributed by atoms with Gasteiger partial charge in [0, 0.05) is 48.5 Å². The number of aryl methyl sites for hydroxylation is 1. The third-order valence-electron chi connectivity index (χ3n) is 6.07. The Morgan fingerprint density at radius 2 is 2.03 bits per heavy atom. The first-order valence-corrected chi connectivity index (χ1v) is 11.8. The summed E-state index contributed by atoms with van der Waals surface area (Å²) in [4.78, 5) is 7.54. The summed E-state index contributed by atoms with van der Waals surface area (Å²) < 4.78 is 7.70. The van der Waals surface area contributed by atoms with Crippen LogP contribution in [0.25, 0.3) is 0 Å². The van der Waals surface area contributed by atoms with Gasteiger partial charge in [-0.3, -0.25) is 4.68 Å². The van der Waals surface area contributed by atoms with Crippen molar-refractivity contribution in [3.63, 3.8) is 0 Å². The molecule has 29 heavy (non-hydrogen) atoms. The highest BCUT2D eigenvalue weighted by Gasteiger charge is 2.38. The quantitative estimate of drug-likeness (QED) is 0.340. The lowest BCUT2D eigenvalue weighted by Crippen LogP contribution is -2.53. The fraction of sp³-hybridized carbons (Fsp3) is 0.810. The van der Waals surface area contributed by atoms with E-state index in [1.165, 1.54) is 49.1 Å². The summed E-state index contributed by atoms with van der Waals surface area (Å²) in [6.07, 6.45) is 6.89. The van der Waals surface area contributed by atoms with Crippen LogP contribution in [-0.4, -0.2) is 64.5 Å². The first-order chi connectivity index (χ1) is 13.6. The molecule has 6 nitrogen and oxygen atoms in total. The zero-order chi connectivity index (χ0) is 20.0. The maximum atomic E-state index is 5.21. The fourth-order valence-electron chi connectivity index (χ4n) is 4.46. The zero-order valence-corrected chi connectivity index (χ0v) is 21.6. The van der Waals surface area contributed by atoms with Gasteiger partial charge in [-0.15, -0.1) is 24.0 Å². The van der Waals surface area contributed by atoms with Crippen LogP contribution in [0.1, 0.15) is 56.0 Å². The number of ether oxygens (including phenoxy) is 1. The van der Waals surface area contributed by atoms with Crippen molar-refractivity contribution in [1.29, 1.82) is 0 Å². The Labute approximate surface area is 197 Å². The molecule has 1 saturated carbocycles. The molecule has 2 aliphatic rings. The number of rotatable bonds is 6. The van der Waals surface area contributed by atoms with Gasteiger partial charge in [0.25, 0.3) is 0 Å². The Hall–Kier alpha value is -0.480. The van der Waals surface area contributed by atoms with Crippen LogP contribution >= 0.6 is 35.7 Å². The molecule has 0 unspecified atom stereocenters. The maximum Gasteiger partial charge on any atom is 0.194 e. The van der Waals surface area contributed by atoms with E-state index >= 15 is 0 Å². The van der Waals surface area contributed by atoms with E-state index in [1.807, 2.05) is 4.68 Å². The van der Waals surface area contributed by atoms with Gasteiger partial charge in [0.1, 0.15) is 0 Å². The standard InChI is InChI=1S/C21H37N5OS.HI/c1-5-22-20(25-12-14-28-21(16-25)9-7-6-8-10-21)23-15-19-17(2)24-26(18(19)3)11-13-27-4;/h5-16H2,1-4H3,(H,22,23);1H. The summed E-state index contributed by atoms with van der Waals surface area (Å²) in [7, 11) is 1.73. The van der Waals surface area contributed by atoms with E-state index in [1.54, 1.807) is 7.11 Å². The number of nitrogens with zero attached hydrogens (tertiary/aromatic N) is 4. The van der Waals surface area contributed by atoms with E-state index in [0.29, 0.717) is 17.9 Å². The molecule has 0 bridgehead atoms. The van der Waals surface area contributed by atoms with Gasteiger partial charge in [-0.1, -0.05) is 19.3 Å². The highest BCUT2D eigenvalue weighted by atomic mass is 127. The summed E-state index contributed by atoms with van der Waals surface area (Å²) in [6, 6.07) is 0. The largest absolute Gasteiger partial charge is 0.383 e. The van der Waals surface area contributed by atoms with Crippen LogP contribution in [0.15, 0.2) is 4.99 Å². The van der Waals surface area contributed by atoms with Gasteiger partial charge in [0.2, 0.25) is 0 Å². The van der Waals surface area contributed by atoms with Crippen LogP contribution in [0.2, 0.25) is 0 Å². The molecule has 0 aromatic carbocycles. The smallest absolute Gasteiger partial charge is 0.194 e. The van der Waals surface area contributed by atoms with E-state index in [4.69, 9.17) is 9.73 Å². The second kappa shape index (κ2) is 11.8. The maximum absolute atomic E-state index is 5.21. The van der Waals surface area contributed by atoms with Gasteiger partial charge in [0.05, 0.1) is 25.4 Å². The number of guanidine groups is 1. The Morgan fingerprint density at radius 1 is 1.28 bits per heavy atom. The van der Waals surface area contributed by atoms with Crippen molar-refractivity contribution in [2.45, 2.75) is 70.7 Å². The summed E-state index contributed by atoms with van der Waals surface area (Å²) in [5.41, 5.74) is 3.52. The molecule has 1 N–H and O–H groups in total. The highest BCUT2D eigenvalue weighted by molar-refractivity contribution is 14.0. The molecule has 1 aliphatic carbocycles. The summed E-state index contributed by atoms with van der Waals surface area (Å²) in [5, 5.41) is 8.23. The lowest BCUT2D eigenvalue weighted by atomic mass is 9.87. The van der Waals surface area contributed by atoms with Crippen molar-refractivity contribution in [3.05, 3.63) is 17.0 Å². The number of methoxy groups -OCH3 is 1. The van der Waals surface area contributed by atoms with E-state index in [-0.39, 0.29) is 24.0 Å². The number of hydrogen-bond donors (Lipinski definition) is 1. The third-order valence-corrected chi connectivity index (χ3v) is 7.61. The summed E-state index contributed by atoms with van der Waals surface area (Å²) in [5.74, 6) is 2.27. The minimum atomic E-state index is 0. The van der Waals surface area contributed by atoms with Crippen molar-refractivity contribution in [2.24, 2.45) is 4.99 Å². The lowest BCUT2D eigenvalue weighted by molar-refractivity contribution is 0.182. The lowest BCUT2D eigenvalue weighted by Gasteiger charge is -2.45. The molecule has 0 radical (unpaired) electrons. The second-order valence-electron chi connectivity index (χ2n) is 8.05. The average Bonchev–Trinajstić information content (AvgIpc) is 2.97. The molecule has 1 saturated heterocycles. The van der Waals surface area contributed by atoms with Gasteiger partial charge in [-0.2, -0.15) is 16.9 Å². The monoisotopic (exact) mass is 535 g/mol. The van der Waals surface area contributed by atoms with Gasteiger partial charge in [-0.05, 0) is 33.6 Å². The SMILES string of the molecule is CCNC(=NCc1c(C)nn(CCOC)c1C)N1CCSC2(CCCCC2)C1.I. The second-order valence-corrected chi connectivity index (χ2v) is 9.61. The van der Waals surface area contributed by atoms with E-state index in [9.17, 15) is 0 Å². The number of thioether (sulfide) groups is 1. The van der Waals surface area contributed by atoms with Crippen LogP contribution < -0.4 is 5.32 Å². The minimum absolute atomic E-state index is 0. The molecule has 8 heteroatoms. The van der Waals surface area contributed by atoms with Crippen LogP contribution in [-0.2, 0) is 17.8 Å². The number of halogens is 1. The number of nitrogens with one attached hydrogen (secondary N) is 1. The molecular formula is C21H38IN5OS. The Kier molecular flexibility index (Phi) is 10.1. The molecule has 3 rings (SSSR count). The van der Waals surface area contributed by atoms with Gasteiger partial charge in [-0.25, -0.2) is 4.99 Å². The van der Waals surface area contributed by atoms with E-state index in [0.717, 1.165) is 37.8 Å². The molecule has 2 fully saturated rings. The molecule has 2 heterocycles. The number of aliphatic imine (C=N–C) groups is 1. The van der Waals surface area contributed by atoms with Crippen molar-refractivity contribution in [3.8, 4) is 0 Å². The predicted octanol–water partition coefficient (Wildman–Crippen LogP) is 3.98. The molecular weight excluding hydrogens is 497 g/mol. The first kappa shape index (κ1) is 24.8. The van der Waals surface area contributed by atoms with E-state index < -0.39 is 0 Å². The molecule has 0 amide bonds. The van der Waals surface area contributed by atoms with Gasteiger partial charge < -0.3 is 15.0 Å². The minimum Gasteiger partial charge on any atom is -0.383 e. The van der Waals surface area contributed by atoms with Gasteiger partial charge in [0.15, 0.2) is 5.96 Å².